The van der Waals surface area contributed by atoms with Gasteiger partial charge in [0, 0.05) is 35.8 Å². The molecule has 2 N–H and O–H groups in total. The standard InChI is InChI=1S/C22H20Cl2F2N4O/c23-15-3-4-16(25)18(19(15)24)22(5-6-27-9-22)10-28-12-7-14-20(17(26)8-12)29-11-30(21(14)31)13-1-2-13/h3-4,7-8,11,13,27-28H,1-2,5-6,9-10H2/t22-/m1/s1. The molecule has 1 saturated heterocycles. The van der Waals surface area contributed by atoms with Gasteiger partial charge in [-0.2, -0.15) is 0 Å². The quantitative estimate of drug-likeness (QED) is 0.539. The van der Waals surface area contributed by atoms with Crippen molar-refractivity contribution in [2.75, 3.05) is 25.0 Å². The molecule has 1 aromatic heterocycles. The predicted octanol–water partition coefficient (Wildman–Crippen LogP) is 4.66. The summed E-state index contributed by atoms with van der Waals surface area (Å²) in [5, 5.41) is 7.15. The van der Waals surface area contributed by atoms with E-state index in [1.807, 2.05) is 0 Å². The normalized spacial score (nSPS) is 21.0. The molecular formula is C22H20Cl2F2N4O. The summed E-state index contributed by atoms with van der Waals surface area (Å²) in [5.74, 6) is -1.01. The van der Waals surface area contributed by atoms with Crippen LogP contribution in [0, 0.1) is 11.6 Å². The molecule has 0 bridgehead atoms. The number of hydrogen-bond donors (Lipinski definition) is 2. The molecule has 1 saturated carbocycles. The Kier molecular flexibility index (Phi) is 5.15. The van der Waals surface area contributed by atoms with Crippen molar-refractivity contribution in [2.45, 2.75) is 30.7 Å². The number of aromatic nitrogens is 2. The third kappa shape index (κ3) is 3.58. The van der Waals surface area contributed by atoms with Gasteiger partial charge in [-0.05, 0) is 50.1 Å². The number of anilines is 1. The molecule has 0 amide bonds. The average Bonchev–Trinajstić information content (AvgIpc) is 3.48. The molecule has 31 heavy (non-hydrogen) atoms. The molecular weight excluding hydrogens is 445 g/mol. The summed E-state index contributed by atoms with van der Waals surface area (Å²) in [6.45, 7) is 1.47. The fourth-order valence-electron chi connectivity index (χ4n) is 4.40. The average molecular weight is 465 g/mol. The summed E-state index contributed by atoms with van der Waals surface area (Å²) in [6, 6.07) is 5.81. The molecule has 1 atom stereocenters. The van der Waals surface area contributed by atoms with Gasteiger partial charge in [-0.1, -0.05) is 23.2 Å². The Morgan fingerprint density at radius 3 is 2.74 bits per heavy atom. The minimum atomic E-state index is -0.666. The first kappa shape index (κ1) is 20.7. The number of fused-ring (bicyclic) bond motifs is 1. The number of nitrogens with zero attached hydrogens (tertiary/aromatic N) is 2. The minimum Gasteiger partial charge on any atom is -0.384 e. The number of nitrogens with one attached hydrogen (secondary N) is 2. The van der Waals surface area contributed by atoms with E-state index in [2.05, 4.69) is 15.6 Å². The highest BCUT2D eigenvalue weighted by Gasteiger charge is 2.40. The Morgan fingerprint density at radius 1 is 1.23 bits per heavy atom. The molecule has 162 valence electrons. The van der Waals surface area contributed by atoms with Crippen molar-refractivity contribution in [2.24, 2.45) is 0 Å². The summed E-state index contributed by atoms with van der Waals surface area (Å²) in [6.07, 6.45) is 3.90. The molecule has 5 nitrogen and oxygen atoms in total. The van der Waals surface area contributed by atoms with Gasteiger partial charge in [-0.15, -0.1) is 0 Å². The Hall–Kier alpha value is -2.22. The first-order valence-corrected chi connectivity index (χ1v) is 10.9. The highest BCUT2D eigenvalue weighted by molar-refractivity contribution is 6.42. The van der Waals surface area contributed by atoms with Crippen molar-refractivity contribution in [3.8, 4) is 0 Å². The smallest absolute Gasteiger partial charge is 0.261 e. The van der Waals surface area contributed by atoms with E-state index in [9.17, 15) is 13.6 Å². The van der Waals surface area contributed by atoms with Crippen LogP contribution in [0.1, 0.15) is 30.9 Å². The second-order valence-electron chi connectivity index (χ2n) is 8.32. The van der Waals surface area contributed by atoms with Crippen LogP contribution in [0.25, 0.3) is 10.9 Å². The summed E-state index contributed by atoms with van der Waals surface area (Å²) >= 11 is 12.5. The third-order valence-corrected chi connectivity index (χ3v) is 7.03. The molecule has 0 spiro atoms. The topological polar surface area (TPSA) is 59.0 Å². The Balaban J connectivity index is 1.51. The SMILES string of the molecule is O=c1c2cc(NC[C@@]3(c4c(F)ccc(Cl)c4Cl)CCNC3)cc(F)c2ncn1C1CC1. The zero-order chi connectivity index (χ0) is 21.8. The van der Waals surface area contributed by atoms with Gasteiger partial charge in [0.05, 0.1) is 21.8 Å². The summed E-state index contributed by atoms with van der Waals surface area (Å²) in [7, 11) is 0. The molecule has 2 aliphatic rings. The van der Waals surface area contributed by atoms with Gasteiger partial charge in [-0.3, -0.25) is 9.36 Å². The van der Waals surface area contributed by atoms with Crippen LogP contribution in [0.2, 0.25) is 10.0 Å². The lowest BCUT2D eigenvalue weighted by Crippen LogP contribution is -2.38. The monoisotopic (exact) mass is 464 g/mol. The van der Waals surface area contributed by atoms with Gasteiger partial charge in [-0.25, -0.2) is 13.8 Å². The Bertz CT molecular complexity index is 1240. The number of hydrogen-bond acceptors (Lipinski definition) is 4. The van der Waals surface area contributed by atoms with Gasteiger partial charge in [0.25, 0.3) is 5.56 Å². The maximum absolute atomic E-state index is 14.8. The molecule has 0 unspecified atom stereocenters. The number of benzene rings is 2. The van der Waals surface area contributed by atoms with Gasteiger partial charge in [0.15, 0.2) is 5.82 Å². The van der Waals surface area contributed by atoms with Gasteiger partial charge >= 0.3 is 0 Å². The first-order chi connectivity index (χ1) is 14.9. The van der Waals surface area contributed by atoms with Crippen molar-refractivity contribution in [1.29, 1.82) is 0 Å². The van der Waals surface area contributed by atoms with E-state index >= 15 is 0 Å². The first-order valence-electron chi connectivity index (χ1n) is 10.2. The van der Waals surface area contributed by atoms with Gasteiger partial charge in [0.1, 0.15) is 11.3 Å². The van der Waals surface area contributed by atoms with E-state index in [0.717, 1.165) is 12.8 Å². The van der Waals surface area contributed by atoms with Crippen LogP contribution in [0.5, 0.6) is 0 Å². The molecule has 5 rings (SSSR count). The Morgan fingerprint density at radius 2 is 2.03 bits per heavy atom. The number of halogens is 4. The van der Waals surface area contributed by atoms with Crippen molar-refractivity contribution in [1.82, 2.24) is 14.9 Å². The summed E-state index contributed by atoms with van der Waals surface area (Å²) in [4.78, 5) is 17.0. The van der Waals surface area contributed by atoms with Crippen LogP contribution in [0.15, 0.2) is 35.4 Å². The number of rotatable bonds is 5. The molecule has 2 fully saturated rings. The van der Waals surface area contributed by atoms with Gasteiger partial charge in [0.2, 0.25) is 0 Å². The van der Waals surface area contributed by atoms with E-state index in [4.69, 9.17) is 23.2 Å². The summed E-state index contributed by atoms with van der Waals surface area (Å²) in [5.41, 5.74) is -0.0916. The maximum Gasteiger partial charge on any atom is 0.261 e. The third-order valence-electron chi connectivity index (χ3n) is 6.23. The van der Waals surface area contributed by atoms with Crippen molar-refractivity contribution >= 4 is 39.8 Å². The zero-order valence-corrected chi connectivity index (χ0v) is 18.0. The lowest BCUT2D eigenvalue weighted by atomic mass is 9.79. The Labute approximate surface area is 187 Å². The largest absolute Gasteiger partial charge is 0.384 e. The molecule has 3 aromatic rings. The van der Waals surface area contributed by atoms with Gasteiger partial charge < -0.3 is 10.6 Å². The van der Waals surface area contributed by atoms with E-state index in [0.29, 0.717) is 37.3 Å². The predicted molar refractivity (Wildman–Crippen MR) is 118 cm³/mol. The van der Waals surface area contributed by atoms with E-state index in [-0.39, 0.29) is 32.5 Å². The minimum absolute atomic E-state index is 0.0497. The lowest BCUT2D eigenvalue weighted by Gasteiger charge is -2.31. The lowest BCUT2D eigenvalue weighted by molar-refractivity contribution is 0.463. The van der Waals surface area contributed by atoms with Crippen LogP contribution in [-0.2, 0) is 5.41 Å². The fourth-order valence-corrected chi connectivity index (χ4v) is 4.91. The van der Waals surface area contributed by atoms with Crippen molar-refractivity contribution in [3.05, 3.63) is 68.2 Å². The van der Waals surface area contributed by atoms with Crippen LogP contribution in [0.4, 0.5) is 14.5 Å². The second-order valence-corrected chi connectivity index (χ2v) is 9.11. The fraction of sp³-hybridized carbons (Fsp3) is 0.364. The van der Waals surface area contributed by atoms with E-state index in [1.165, 1.54) is 24.5 Å². The van der Waals surface area contributed by atoms with E-state index < -0.39 is 17.0 Å². The van der Waals surface area contributed by atoms with Crippen LogP contribution < -0.4 is 16.2 Å². The highest BCUT2D eigenvalue weighted by atomic mass is 35.5. The summed E-state index contributed by atoms with van der Waals surface area (Å²) < 4.78 is 31.1. The molecule has 0 radical (unpaired) electrons. The second kappa shape index (κ2) is 7.73. The molecule has 1 aliphatic heterocycles. The van der Waals surface area contributed by atoms with Crippen LogP contribution in [-0.4, -0.2) is 29.2 Å². The molecule has 1 aliphatic carbocycles. The van der Waals surface area contributed by atoms with E-state index in [1.54, 1.807) is 10.6 Å². The van der Waals surface area contributed by atoms with Crippen LogP contribution in [0.3, 0.4) is 0 Å². The maximum atomic E-state index is 14.8. The van der Waals surface area contributed by atoms with Crippen molar-refractivity contribution in [3.63, 3.8) is 0 Å². The van der Waals surface area contributed by atoms with Crippen LogP contribution >= 0.6 is 23.2 Å². The van der Waals surface area contributed by atoms with Crippen molar-refractivity contribution < 1.29 is 8.78 Å². The zero-order valence-electron chi connectivity index (χ0n) is 16.5. The molecule has 9 heteroatoms. The molecule has 2 aromatic carbocycles. The highest BCUT2D eigenvalue weighted by Crippen LogP contribution is 2.40. The molecule has 2 heterocycles.